The Labute approximate surface area is 123 Å². The molecule has 0 amide bonds. The first-order valence-corrected chi connectivity index (χ1v) is 8.74. The van der Waals surface area contributed by atoms with Crippen LogP contribution in [-0.2, 0) is 4.79 Å². The number of hydrogen-bond donors (Lipinski definition) is 0. The molecule has 0 aromatic carbocycles. The minimum atomic E-state index is 0.0505. The molecule has 6 atom stereocenters. The first-order chi connectivity index (χ1) is 9.56. The maximum Gasteiger partial charge on any atom is 0.139 e. The van der Waals surface area contributed by atoms with Crippen molar-refractivity contribution >= 4 is 5.78 Å². The molecule has 0 N–H and O–H groups in total. The minimum absolute atomic E-state index is 0.0505. The lowest BCUT2D eigenvalue weighted by Crippen LogP contribution is -2.52. The predicted octanol–water partition coefficient (Wildman–Crippen LogP) is 4.76. The second kappa shape index (κ2) is 4.21. The third-order valence-corrected chi connectivity index (χ3v) is 7.92. The van der Waals surface area contributed by atoms with Gasteiger partial charge in [0.05, 0.1) is 0 Å². The Balaban J connectivity index is 1.68. The van der Waals surface area contributed by atoms with E-state index in [9.17, 15) is 4.79 Å². The van der Waals surface area contributed by atoms with Gasteiger partial charge in [-0.15, -0.1) is 0 Å². The molecule has 0 radical (unpaired) electrons. The molecule has 4 aliphatic carbocycles. The highest BCUT2D eigenvalue weighted by molar-refractivity contribution is 5.87. The van der Waals surface area contributed by atoms with Crippen molar-refractivity contribution in [2.24, 2.45) is 34.5 Å². The zero-order valence-electron chi connectivity index (χ0n) is 13.0. The molecule has 1 heteroatoms. The molecule has 1 nitrogen and oxygen atoms in total. The molecule has 0 aromatic rings. The summed E-state index contributed by atoms with van der Waals surface area (Å²) in [7, 11) is 0. The smallest absolute Gasteiger partial charge is 0.139 e. The summed E-state index contributed by atoms with van der Waals surface area (Å²) in [6.45, 7) is 4.86. The molecule has 0 saturated heterocycles. The van der Waals surface area contributed by atoms with Crippen LogP contribution in [0, 0.1) is 34.5 Å². The summed E-state index contributed by atoms with van der Waals surface area (Å²) >= 11 is 0. The van der Waals surface area contributed by atoms with Crippen molar-refractivity contribution < 1.29 is 4.79 Å². The second-order valence-electron chi connectivity index (χ2n) is 8.49. The summed E-state index contributed by atoms with van der Waals surface area (Å²) in [5.74, 6) is 3.92. The van der Waals surface area contributed by atoms with E-state index in [2.05, 4.69) is 26.0 Å². The standard InChI is InChI=1S/C19H28O/c1-18-11-4-3-5-13(18)6-7-14-15-8-9-17(20)19(15,2)12-10-16(14)18/h3-4,13-16H,5-12H2,1-2H3/t13?,14?,15?,16?,18-,19-/m0/s1. The highest BCUT2D eigenvalue weighted by Crippen LogP contribution is 2.64. The van der Waals surface area contributed by atoms with Gasteiger partial charge in [0.15, 0.2) is 0 Å². The average Bonchev–Trinajstić information content (AvgIpc) is 2.74. The Morgan fingerprint density at radius 1 is 1.05 bits per heavy atom. The average molecular weight is 272 g/mol. The highest BCUT2D eigenvalue weighted by Gasteiger charge is 2.59. The number of ketones is 1. The third-order valence-electron chi connectivity index (χ3n) is 7.92. The molecule has 0 bridgehead atoms. The van der Waals surface area contributed by atoms with Crippen LogP contribution in [0.3, 0.4) is 0 Å². The van der Waals surface area contributed by atoms with E-state index in [1.54, 1.807) is 0 Å². The zero-order chi connectivity index (χ0) is 14.0. The topological polar surface area (TPSA) is 17.1 Å². The van der Waals surface area contributed by atoms with Crippen LogP contribution in [0.5, 0.6) is 0 Å². The van der Waals surface area contributed by atoms with Crippen molar-refractivity contribution in [2.45, 2.75) is 65.2 Å². The molecular formula is C19H28O. The monoisotopic (exact) mass is 272 g/mol. The summed E-state index contributed by atoms with van der Waals surface area (Å²) in [5, 5.41) is 0. The molecule has 0 aromatic heterocycles. The fourth-order valence-electron chi connectivity index (χ4n) is 6.61. The fraction of sp³-hybridized carbons (Fsp3) is 0.842. The molecule has 0 spiro atoms. The molecule has 4 rings (SSSR count). The van der Waals surface area contributed by atoms with Crippen LogP contribution in [-0.4, -0.2) is 5.78 Å². The molecule has 4 unspecified atom stereocenters. The first-order valence-electron chi connectivity index (χ1n) is 8.74. The Morgan fingerprint density at radius 3 is 2.75 bits per heavy atom. The van der Waals surface area contributed by atoms with E-state index in [0.29, 0.717) is 17.1 Å². The Morgan fingerprint density at radius 2 is 1.90 bits per heavy atom. The highest BCUT2D eigenvalue weighted by atomic mass is 16.1. The number of allylic oxidation sites excluding steroid dienone is 2. The van der Waals surface area contributed by atoms with Gasteiger partial charge in [0, 0.05) is 11.8 Å². The molecular weight excluding hydrogens is 244 g/mol. The van der Waals surface area contributed by atoms with Gasteiger partial charge in [-0.3, -0.25) is 4.79 Å². The zero-order valence-corrected chi connectivity index (χ0v) is 13.0. The number of carbonyl (C=O) groups is 1. The van der Waals surface area contributed by atoms with Crippen LogP contribution in [0.15, 0.2) is 12.2 Å². The summed E-state index contributed by atoms with van der Waals surface area (Å²) in [5.41, 5.74) is 0.583. The molecule has 20 heavy (non-hydrogen) atoms. The van der Waals surface area contributed by atoms with Gasteiger partial charge >= 0.3 is 0 Å². The lowest BCUT2D eigenvalue weighted by molar-refractivity contribution is -0.136. The number of carbonyl (C=O) groups excluding carboxylic acids is 1. The van der Waals surface area contributed by atoms with Crippen LogP contribution < -0.4 is 0 Å². The van der Waals surface area contributed by atoms with Crippen LogP contribution in [0.2, 0.25) is 0 Å². The van der Waals surface area contributed by atoms with E-state index in [1.165, 1.54) is 44.9 Å². The van der Waals surface area contributed by atoms with Crippen LogP contribution in [0.25, 0.3) is 0 Å². The molecule has 0 aliphatic heterocycles. The van der Waals surface area contributed by atoms with Gasteiger partial charge in [-0.1, -0.05) is 26.0 Å². The van der Waals surface area contributed by atoms with Crippen LogP contribution in [0.4, 0.5) is 0 Å². The lowest BCUT2D eigenvalue weighted by atomic mass is 9.46. The van der Waals surface area contributed by atoms with Gasteiger partial charge in [0.1, 0.15) is 5.78 Å². The quantitative estimate of drug-likeness (QED) is 0.581. The van der Waals surface area contributed by atoms with E-state index in [-0.39, 0.29) is 5.41 Å². The lowest BCUT2D eigenvalue weighted by Gasteiger charge is -2.58. The molecule has 4 aliphatic rings. The van der Waals surface area contributed by atoms with E-state index in [1.807, 2.05) is 0 Å². The summed E-state index contributed by atoms with van der Waals surface area (Å²) < 4.78 is 0. The van der Waals surface area contributed by atoms with Gasteiger partial charge in [0.2, 0.25) is 0 Å². The van der Waals surface area contributed by atoms with Gasteiger partial charge in [-0.2, -0.15) is 0 Å². The van der Waals surface area contributed by atoms with Gasteiger partial charge in [0.25, 0.3) is 0 Å². The summed E-state index contributed by atoms with van der Waals surface area (Å²) in [6.07, 6.45) is 14.8. The summed E-state index contributed by atoms with van der Waals surface area (Å²) in [4.78, 5) is 12.4. The molecule has 0 heterocycles. The minimum Gasteiger partial charge on any atom is -0.299 e. The van der Waals surface area contributed by atoms with Gasteiger partial charge in [-0.05, 0) is 74.0 Å². The Bertz CT molecular complexity index is 464. The maximum atomic E-state index is 12.4. The van der Waals surface area contributed by atoms with Crippen molar-refractivity contribution in [1.82, 2.24) is 0 Å². The third kappa shape index (κ3) is 1.53. The second-order valence-corrected chi connectivity index (χ2v) is 8.49. The fourth-order valence-corrected chi connectivity index (χ4v) is 6.61. The van der Waals surface area contributed by atoms with Crippen molar-refractivity contribution in [2.75, 3.05) is 0 Å². The maximum absolute atomic E-state index is 12.4. The van der Waals surface area contributed by atoms with E-state index in [4.69, 9.17) is 0 Å². The number of fused-ring (bicyclic) bond motifs is 5. The van der Waals surface area contributed by atoms with Gasteiger partial charge in [-0.25, -0.2) is 0 Å². The predicted molar refractivity (Wildman–Crippen MR) is 81.3 cm³/mol. The van der Waals surface area contributed by atoms with Crippen molar-refractivity contribution in [3.8, 4) is 0 Å². The van der Waals surface area contributed by atoms with Crippen LogP contribution in [0.1, 0.15) is 65.2 Å². The van der Waals surface area contributed by atoms with Crippen molar-refractivity contribution in [3.05, 3.63) is 12.2 Å². The largest absolute Gasteiger partial charge is 0.299 e. The van der Waals surface area contributed by atoms with Crippen LogP contribution >= 0.6 is 0 Å². The molecule has 3 saturated carbocycles. The SMILES string of the molecule is C[C@]12CC=CCC1CCC1C2CC[C@]2(C)C(=O)CCC12. The molecule has 110 valence electrons. The first kappa shape index (κ1) is 13.1. The molecule has 3 fully saturated rings. The number of Topliss-reactive ketones (excluding diaryl/α,β-unsaturated/α-hetero) is 1. The van der Waals surface area contributed by atoms with Crippen molar-refractivity contribution in [1.29, 1.82) is 0 Å². The Kier molecular flexibility index (Phi) is 2.76. The number of hydrogen-bond acceptors (Lipinski definition) is 1. The van der Waals surface area contributed by atoms with E-state index < -0.39 is 0 Å². The Hall–Kier alpha value is -0.590. The summed E-state index contributed by atoms with van der Waals surface area (Å²) in [6, 6.07) is 0. The van der Waals surface area contributed by atoms with Gasteiger partial charge < -0.3 is 0 Å². The van der Waals surface area contributed by atoms with E-state index in [0.717, 1.165) is 24.2 Å². The normalized spacial score (nSPS) is 54.2. The van der Waals surface area contributed by atoms with E-state index >= 15 is 0 Å². The number of rotatable bonds is 0. The van der Waals surface area contributed by atoms with Crippen molar-refractivity contribution in [3.63, 3.8) is 0 Å².